The summed E-state index contributed by atoms with van der Waals surface area (Å²) < 4.78 is 14.0. The Bertz CT molecular complexity index is 442. The third-order valence-corrected chi connectivity index (χ3v) is 3.82. The van der Waals surface area contributed by atoms with Gasteiger partial charge in [-0.1, -0.05) is 31.0 Å². The van der Waals surface area contributed by atoms with E-state index >= 15 is 0 Å². The third kappa shape index (κ3) is 3.32. The molecule has 4 heteroatoms. The minimum absolute atomic E-state index is 0.222. The van der Waals surface area contributed by atoms with Crippen molar-refractivity contribution in [3.63, 3.8) is 0 Å². The summed E-state index contributed by atoms with van der Waals surface area (Å²) in [6, 6.07) is 5.82. The van der Waals surface area contributed by atoms with E-state index in [0.29, 0.717) is 11.5 Å². The van der Waals surface area contributed by atoms with Gasteiger partial charge in [0.2, 0.25) is 5.91 Å². The Kier molecular flexibility index (Phi) is 4.53. The molecule has 0 aromatic heterocycles. The molecule has 1 fully saturated rings. The maximum atomic E-state index is 14.0. The zero-order chi connectivity index (χ0) is 13.8. The van der Waals surface area contributed by atoms with E-state index in [1.165, 1.54) is 6.07 Å². The van der Waals surface area contributed by atoms with Crippen molar-refractivity contribution in [3.05, 3.63) is 35.6 Å². The third-order valence-electron chi connectivity index (χ3n) is 3.82. The Labute approximate surface area is 113 Å². The number of carbonyl (C=O) groups is 1. The van der Waals surface area contributed by atoms with Crippen molar-refractivity contribution in [1.82, 2.24) is 5.32 Å². The van der Waals surface area contributed by atoms with Crippen LogP contribution in [0.2, 0.25) is 0 Å². The van der Waals surface area contributed by atoms with Gasteiger partial charge >= 0.3 is 0 Å². The molecule has 0 aliphatic heterocycles. The lowest BCUT2D eigenvalue weighted by Gasteiger charge is -2.26. The van der Waals surface area contributed by atoms with Gasteiger partial charge in [0.05, 0.1) is 12.1 Å². The topological polar surface area (TPSA) is 55.1 Å². The molecule has 1 aliphatic rings. The maximum Gasteiger partial charge on any atom is 0.237 e. The standard InChI is InChI=1S/C15H21FN2O/c1-10(17)15(19)18-14(11-6-2-3-7-11)12-8-4-5-9-13(12)16/h4-5,8-11,14H,2-3,6-7,17H2,1H3,(H,18,19)/t10-,14?/m1/s1. The number of amides is 1. The van der Waals surface area contributed by atoms with E-state index in [0.717, 1.165) is 25.7 Å². The molecule has 0 heterocycles. The normalized spacial score (nSPS) is 19.1. The molecule has 1 aromatic rings. The predicted octanol–water partition coefficient (Wildman–Crippen LogP) is 2.52. The fraction of sp³-hybridized carbons (Fsp3) is 0.533. The lowest BCUT2D eigenvalue weighted by molar-refractivity contribution is -0.123. The minimum Gasteiger partial charge on any atom is -0.348 e. The highest BCUT2D eigenvalue weighted by Crippen LogP contribution is 2.36. The lowest BCUT2D eigenvalue weighted by atomic mass is 9.91. The summed E-state index contributed by atoms with van der Waals surface area (Å²) in [5, 5.41) is 2.91. The van der Waals surface area contributed by atoms with E-state index in [9.17, 15) is 9.18 Å². The molecule has 3 nitrogen and oxygen atoms in total. The second-order valence-corrected chi connectivity index (χ2v) is 5.34. The number of benzene rings is 1. The smallest absolute Gasteiger partial charge is 0.237 e. The second kappa shape index (κ2) is 6.15. The Morgan fingerprint density at radius 2 is 2.00 bits per heavy atom. The van der Waals surface area contributed by atoms with E-state index in [4.69, 9.17) is 5.73 Å². The number of rotatable bonds is 4. The number of nitrogens with two attached hydrogens (primary N) is 1. The van der Waals surface area contributed by atoms with Crippen molar-refractivity contribution in [3.8, 4) is 0 Å². The summed E-state index contributed by atoms with van der Waals surface area (Å²) >= 11 is 0. The molecule has 19 heavy (non-hydrogen) atoms. The molecule has 1 aromatic carbocycles. The highest BCUT2D eigenvalue weighted by atomic mass is 19.1. The van der Waals surface area contributed by atoms with Crippen LogP contribution in [0.4, 0.5) is 4.39 Å². The van der Waals surface area contributed by atoms with Crippen LogP contribution in [0.25, 0.3) is 0 Å². The lowest BCUT2D eigenvalue weighted by Crippen LogP contribution is -2.42. The molecule has 0 spiro atoms. The average molecular weight is 264 g/mol. The first-order valence-electron chi connectivity index (χ1n) is 6.90. The summed E-state index contributed by atoms with van der Waals surface area (Å²) in [6.45, 7) is 1.64. The van der Waals surface area contributed by atoms with Crippen LogP contribution in [0.5, 0.6) is 0 Å². The van der Waals surface area contributed by atoms with Gasteiger partial charge < -0.3 is 11.1 Å². The first kappa shape index (κ1) is 14.0. The van der Waals surface area contributed by atoms with Gasteiger partial charge in [0.1, 0.15) is 5.82 Å². The molecule has 3 N–H and O–H groups in total. The van der Waals surface area contributed by atoms with E-state index in [2.05, 4.69) is 5.32 Å². The van der Waals surface area contributed by atoms with Gasteiger partial charge in [0.25, 0.3) is 0 Å². The van der Waals surface area contributed by atoms with E-state index < -0.39 is 6.04 Å². The Balaban J connectivity index is 2.23. The number of halogens is 1. The van der Waals surface area contributed by atoms with Gasteiger partial charge in [-0.2, -0.15) is 0 Å². The number of nitrogens with one attached hydrogen (secondary N) is 1. The van der Waals surface area contributed by atoms with E-state index in [-0.39, 0.29) is 17.8 Å². The Morgan fingerprint density at radius 3 is 2.58 bits per heavy atom. The average Bonchev–Trinajstić information content (AvgIpc) is 2.90. The molecule has 2 rings (SSSR count). The van der Waals surface area contributed by atoms with Crippen molar-refractivity contribution < 1.29 is 9.18 Å². The summed E-state index contributed by atoms with van der Waals surface area (Å²) in [4.78, 5) is 11.8. The van der Waals surface area contributed by atoms with Crippen LogP contribution in [-0.2, 0) is 4.79 Å². The second-order valence-electron chi connectivity index (χ2n) is 5.34. The molecule has 0 radical (unpaired) electrons. The quantitative estimate of drug-likeness (QED) is 0.878. The van der Waals surface area contributed by atoms with Crippen LogP contribution in [0, 0.1) is 11.7 Å². The van der Waals surface area contributed by atoms with Gasteiger partial charge in [0.15, 0.2) is 0 Å². The molecule has 1 aliphatic carbocycles. The van der Waals surface area contributed by atoms with Crippen molar-refractivity contribution in [2.75, 3.05) is 0 Å². The van der Waals surface area contributed by atoms with Crippen LogP contribution in [0.1, 0.15) is 44.2 Å². The Morgan fingerprint density at radius 1 is 1.37 bits per heavy atom. The van der Waals surface area contributed by atoms with E-state index in [1.807, 2.05) is 0 Å². The van der Waals surface area contributed by atoms with Crippen LogP contribution in [0.3, 0.4) is 0 Å². The van der Waals surface area contributed by atoms with Crippen LogP contribution in [-0.4, -0.2) is 11.9 Å². The molecule has 0 saturated heterocycles. The summed E-state index contributed by atoms with van der Waals surface area (Å²) in [7, 11) is 0. The largest absolute Gasteiger partial charge is 0.348 e. The van der Waals surface area contributed by atoms with Crippen LogP contribution in [0.15, 0.2) is 24.3 Å². The summed E-state index contributed by atoms with van der Waals surface area (Å²) in [5.74, 6) is -0.177. The first-order valence-corrected chi connectivity index (χ1v) is 6.90. The first-order chi connectivity index (χ1) is 9.09. The Hall–Kier alpha value is -1.42. The number of hydrogen-bond acceptors (Lipinski definition) is 2. The van der Waals surface area contributed by atoms with Crippen molar-refractivity contribution in [1.29, 1.82) is 0 Å². The molecule has 1 saturated carbocycles. The van der Waals surface area contributed by atoms with Crippen LogP contribution < -0.4 is 11.1 Å². The molecular weight excluding hydrogens is 243 g/mol. The van der Waals surface area contributed by atoms with Gasteiger partial charge in [-0.15, -0.1) is 0 Å². The van der Waals surface area contributed by atoms with Gasteiger partial charge in [-0.05, 0) is 31.7 Å². The fourth-order valence-electron chi connectivity index (χ4n) is 2.75. The summed E-state index contributed by atoms with van der Waals surface area (Å²) in [6.07, 6.45) is 4.34. The van der Waals surface area contributed by atoms with Gasteiger partial charge in [-0.25, -0.2) is 4.39 Å². The molecular formula is C15H21FN2O. The number of carbonyl (C=O) groups excluding carboxylic acids is 1. The van der Waals surface area contributed by atoms with Crippen molar-refractivity contribution in [2.24, 2.45) is 11.7 Å². The van der Waals surface area contributed by atoms with Gasteiger partial charge in [0, 0.05) is 5.56 Å². The minimum atomic E-state index is -0.573. The number of hydrogen-bond donors (Lipinski definition) is 2. The molecule has 1 unspecified atom stereocenters. The molecule has 2 atom stereocenters. The predicted molar refractivity (Wildman–Crippen MR) is 72.9 cm³/mol. The SMILES string of the molecule is C[C@@H](N)C(=O)NC(c1ccccc1F)C1CCCC1. The zero-order valence-electron chi connectivity index (χ0n) is 11.2. The molecule has 104 valence electrons. The molecule has 1 amide bonds. The van der Waals surface area contributed by atoms with E-state index in [1.54, 1.807) is 25.1 Å². The fourth-order valence-corrected chi connectivity index (χ4v) is 2.75. The summed E-state index contributed by atoms with van der Waals surface area (Å²) in [5.41, 5.74) is 6.17. The highest BCUT2D eigenvalue weighted by molar-refractivity contribution is 5.81. The van der Waals surface area contributed by atoms with Crippen LogP contribution >= 0.6 is 0 Å². The van der Waals surface area contributed by atoms with Gasteiger partial charge in [-0.3, -0.25) is 4.79 Å². The molecule has 0 bridgehead atoms. The maximum absolute atomic E-state index is 14.0. The van der Waals surface area contributed by atoms with Crippen molar-refractivity contribution in [2.45, 2.75) is 44.7 Å². The highest BCUT2D eigenvalue weighted by Gasteiger charge is 2.29. The van der Waals surface area contributed by atoms with Crippen molar-refractivity contribution >= 4 is 5.91 Å². The zero-order valence-corrected chi connectivity index (χ0v) is 11.2. The monoisotopic (exact) mass is 264 g/mol.